The molecule has 0 spiro atoms. The van der Waals surface area contributed by atoms with Crippen molar-refractivity contribution in [1.29, 1.82) is 0 Å². The molecule has 1 rings (SSSR count). The Hall–Kier alpha value is -0.340. The Kier molecular flexibility index (Phi) is 5.87. The Balaban J connectivity index is 2.22. The first-order valence-electron chi connectivity index (χ1n) is 6.03. The number of sulfonamides is 1. The standard InChI is InChI=1S/C10H19F3N2O2S/c11-10(12,13)4-7-15-18(16,17)8-3-9-1-5-14-6-2-9/h9,14-15H,1-8H2. The summed E-state index contributed by atoms with van der Waals surface area (Å²) in [5, 5.41) is 3.17. The van der Waals surface area contributed by atoms with Crippen molar-refractivity contribution < 1.29 is 21.6 Å². The molecule has 4 nitrogen and oxygen atoms in total. The van der Waals surface area contributed by atoms with Gasteiger partial charge in [0.1, 0.15) is 0 Å². The van der Waals surface area contributed by atoms with Gasteiger partial charge in [-0.1, -0.05) is 0 Å². The van der Waals surface area contributed by atoms with Crippen LogP contribution >= 0.6 is 0 Å². The molecule has 0 unspecified atom stereocenters. The van der Waals surface area contributed by atoms with Gasteiger partial charge in [0.25, 0.3) is 0 Å². The number of hydrogen-bond donors (Lipinski definition) is 2. The quantitative estimate of drug-likeness (QED) is 0.773. The number of nitrogens with one attached hydrogen (secondary N) is 2. The maximum Gasteiger partial charge on any atom is 0.390 e. The van der Waals surface area contributed by atoms with E-state index < -0.39 is 29.2 Å². The number of piperidine rings is 1. The van der Waals surface area contributed by atoms with Gasteiger partial charge in [-0.05, 0) is 38.3 Å². The van der Waals surface area contributed by atoms with Gasteiger partial charge in [-0.3, -0.25) is 0 Å². The lowest BCUT2D eigenvalue weighted by molar-refractivity contribution is -0.132. The molecule has 0 aromatic heterocycles. The van der Waals surface area contributed by atoms with Crippen LogP contribution in [0.2, 0.25) is 0 Å². The van der Waals surface area contributed by atoms with E-state index in [-0.39, 0.29) is 5.75 Å². The summed E-state index contributed by atoms with van der Waals surface area (Å²) in [4.78, 5) is 0. The first kappa shape index (κ1) is 15.7. The topological polar surface area (TPSA) is 58.2 Å². The number of hydrogen-bond acceptors (Lipinski definition) is 3. The molecule has 0 radical (unpaired) electrons. The highest BCUT2D eigenvalue weighted by Gasteiger charge is 2.27. The summed E-state index contributed by atoms with van der Waals surface area (Å²) in [5.74, 6) is 0.264. The molecule has 1 saturated heterocycles. The normalized spacial score (nSPS) is 19.1. The highest BCUT2D eigenvalue weighted by atomic mass is 32.2. The summed E-state index contributed by atoms with van der Waals surface area (Å²) < 4.78 is 60.5. The molecule has 0 aromatic rings. The Morgan fingerprint density at radius 2 is 1.83 bits per heavy atom. The van der Waals surface area contributed by atoms with Crippen molar-refractivity contribution in [2.45, 2.75) is 31.9 Å². The zero-order chi connectivity index (χ0) is 13.6. The fourth-order valence-electron chi connectivity index (χ4n) is 1.91. The van der Waals surface area contributed by atoms with E-state index >= 15 is 0 Å². The van der Waals surface area contributed by atoms with Crippen LogP contribution in [-0.2, 0) is 10.0 Å². The van der Waals surface area contributed by atoms with Crippen LogP contribution < -0.4 is 10.0 Å². The lowest BCUT2D eigenvalue weighted by Crippen LogP contribution is -2.33. The predicted octanol–water partition coefficient (Wildman–Crippen LogP) is 1.25. The van der Waals surface area contributed by atoms with E-state index in [2.05, 4.69) is 5.32 Å². The fourth-order valence-corrected chi connectivity index (χ4v) is 3.11. The van der Waals surface area contributed by atoms with Crippen LogP contribution in [0.15, 0.2) is 0 Å². The molecule has 1 heterocycles. The van der Waals surface area contributed by atoms with Gasteiger partial charge in [-0.2, -0.15) is 13.2 Å². The minimum atomic E-state index is -4.32. The minimum absolute atomic E-state index is 0.0878. The van der Waals surface area contributed by atoms with Crippen molar-refractivity contribution in [3.8, 4) is 0 Å². The predicted molar refractivity (Wildman–Crippen MR) is 62.7 cm³/mol. The second-order valence-electron chi connectivity index (χ2n) is 4.56. The van der Waals surface area contributed by atoms with E-state index in [1.54, 1.807) is 0 Å². The molecule has 18 heavy (non-hydrogen) atoms. The molecule has 108 valence electrons. The van der Waals surface area contributed by atoms with E-state index in [1.165, 1.54) is 0 Å². The number of alkyl halides is 3. The smallest absolute Gasteiger partial charge is 0.317 e. The molecule has 0 bridgehead atoms. The highest BCUT2D eigenvalue weighted by Crippen LogP contribution is 2.19. The molecule has 2 N–H and O–H groups in total. The second-order valence-corrected chi connectivity index (χ2v) is 6.49. The minimum Gasteiger partial charge on any atom is -0.317 e. The van der Waals surface area contributed by atoms with Gasteiger partial charge in [-0.15, -0.1) is 0 Å². The van der Waals surface area contributed by atoms with Crippen LogP contribution in [0.25, 0.3) is 0 Å². The lowest BCUT2D eigenvalue weighted by Gasteiger charge is -2.22. The number of halogens is 3. The molecule has 0 amide bonds. The van der Waals surface area contributed by atoms with E-state index in [9.17, 15) is 21.6 Å². The van der Waals surface area contributed by atoms with Gasteiger partial charge >= 0.3 is 6.18 Å². The van der Waals surface area contributed by atoms with Gasteiger partial charge in [0.05, 0.1) is 12.2 Å². The van der Waals surface area contributed by atoms with E-state index in [4.69, 9.17) is 0 Å². The SMILES string of the molecule is O=S(=O)(CCC1CCNCC1)NCCC(F)(F)F. The van der Waals surface area contributed by atoms with Crippen LogP contribution in [0, 0.1) is 5.92 Å². The van der Waals surface area contributed by atoms with Gasteiger partial charge < -0.3 is 5.32 Å². The van der Waals surface area contributed by atoms with Gasteiger partial charge in [0, 0.05) is 6.54 Å². The van der Waals surface area contributed by atoms with Crippen LogP contribution in [-0.4, -0.2) is 40.0 Å². The van der Waals surface area contributed by atoms with Crippen molar-refractivity contribution in [2.75, 3.05) is 25.4 Å². The van der Waals surface area contributed by atoms with Gasteiger partial charge in [-0.25, -0.2) is 13.1 Å². The monoisotopic (exact) mass is 288 g/mol. The maximum atomic E-state index is 11.9. The average Bonchev–Trinajstić information content (AvgIpc) is 2.26. The Labute approximate surface area is 105 Å². The van der Waals surface area contributed by atoms with Crippen molar-refractivity contribution in [2.24, 2.45) is 5.92 Å². The van der Waals surface area contributed by atoms with Crippen molar-refractivity contribution in [3.05, 3.63) is 0 Å². The van der Waals surface area contributed by atoms with Crippen LogP contribution in [0.3, 0.4) is 0 Å². The largest absolute Gasteiger partial charge is 0.390 e. The molecule has 1 fully saturated rings. The summed E-state index contributed by atoms with van der Waals surface area (Å²) in [6, 6.07) is 0. The van der Waals surface area contributed by atoms with Crippen molar-refractivity contribution in [1.82, 2.24) is 10.0 Å². The molecular weight excluding hydrogens is 269 g/mol. The molecule has 0 atom stereocenters. The molecular formula is C10H19F3N2O2S. The van der Waals surface area contributed by atoms with Crippen LogP contribution in [0.4, 0.5) is 13.2 Å². The average molecular weight is 288 g/mol. The zero-order valence-electron chi connectivity index (χ0n) is 10.1. The molecule has 0 aliphatic carbocycles. The third kappa shape index (κ3) is 7.17. The Morgan fingerprint density at radius 3 is 2.39 bits per heavy atom. The second kappa shape index (κ2) is 6.72. The summed E-state index contributed by atoms with van der Waals surface area (Å²) in [5.41, 5.74) is 0. The van der Waals surface area contributed by atoms with Gasteiger partial charge in [0.2, 0.25) is 10.0 Å². The van der Waals surface area contributed by atoms with Crippen molar-refractivity contribution >= 4 is 10.0 Å². The number of rotatable bonds is 6. The van der Waals surface area contributed by atoms with E-state index in [0.717, 1.165) is 25.9 Å². The molecule has 0 saturated carbocycles. The summed E-state index contributed by atoms with van der Waals surface area (Å²) >= 11 is 0. The summed E-state index contributed by atoms with van der Waals surface area (Å²) in [6.45, 7) is 1.19. The van der Waals surface area contributed by atoms with Crippen molar-refractivity contribution in [3.63, 3.8) is 0 Å². The van der Waals surface area contributed by atoms with Crippen LogP contribution in [0.5, 0.6) is 0 Å². The van der Waals surface area contributed by atoms with E-state index in [0.29, 0.717) is 12.3 Å². The first-order valence-corrected chi connectivity index (χ1v) is 7.68. The van der Waals surface area contributed by atoms with Crippen LogP contribution in [0.1, 0.15) is 25.7 Å². The summed E-state index contributed by atoms with van der Waals surface area (Å²) in [6.07, 6.45) is -3.07. The molecule has 0 aromatic carbocycles. The molecule has 1 aliphatic rings. The fraction of sp³-hybridized carbons (Fsp3) is 1.00. The lowest BCUT2D eigenvalue weighted by atomic mass is 9.96. The molecule has 1 aliphatic heterocycles. The summed E-state index contributed by atoms with van der Waals surface area (Å²) in [7, 11) is -3.57. The third-order valence-corrected chi connectivity index (χ3v) is 4.40. The Morgan fingerprint density at radius 1 is 1.22 bits per heavy atom. The highest BCUT2D eigenvalue weighted by molar-refractivity contribution is 7.89. The van der Waals surface area contributed by atoms with E-state index in [1.807, 2.05) is 4.72 Å². The van der Waals surface area contributed by atoms with Gasteiger partial charge in [0.15, 0.2) is 0 Å². The zero-order valence-corrected chi connectivity index (χ0v) is 10.9. The maximum absolute atomic E-state index is 11.9. The third-order valence-electron chi connectivity index (χ3n) is 2.98. The molecule has 8 heteroatoms. The first-order chi connectivity index (χ1) is 8.29. The Bertz CT molecular complexity index is 338.